The number of carbonyl (C=O) groups excluding carboxylic acids is 2. The monoisotopic (exact) mass is 370 g/mol. The van der Waals surface area contributed by atoms with Gasteiger partial charge < -0.3 is 26.0 Å². The maximum atomic E-state index is 12.2. The zero-order valence-corrected chi connectivity index (χ0v) is 15.7. The Balaban J connectivity index is 1.88. The molecule has 3 amide bonds. The normalized spacial score (nSPS) is 10.5. The largest absolute Gasteiger partial charge is 0.492 e. The van der Waals surface area contributed by atoms with Gasteiger partial charge in [0.1, 0.15) is 12.4 Å². The van der Waals surface area contributed by atoms with Gasteiger partial charge in [0.05, 0.1) is 6.42 Å². The van der Waals surface area contributed by atoms with Crippen LogP contribution in [0.5, 0.6) is 5.75 Å². The molecule has 2 aromatic carbocycles. The van der Waals surface area contributed by atoms with Gasteiger partial charge in [-0.3, -0.25) is 4.79 Å². The molecule has 0 aliphatic rings. The van der Waals surface area contributed by atoms with Gasteiger partial charge in [0.2, 0.25) is 5.91 Å². The summed E-state index contributed by atoms with van der Waals surface area (Å²) >= 11 is 0. The lowest BCUT2D eigenvalue weighted by molar-refractivity contribution is -0.117. The van der Waals surface area contributed by atoms with Crippen molar-refractivity contribution in [3.63, 3.8) is 0 Å². The minimum absolute atomic E-state index is 0.0722. The molecule has 0 saturated carbocycles. The van der Waals surface area contributed by atoms with Crippen molar-refractivity contribution >= 4 is 17.6 Å². The average molecular weight is 370 g/mol. The van der Waals surface area contributed by atoms with E-state index in [4.69, 9.17) is 10.5 Å². The molecule has 2 aromatic rings. The van der Waals surface area contributed by atoms with Crippen molar-refractivity contribution in [2.24, 2.45) is 5.73 Å². The summed E-state index contributed by atoms with van der Waals surface area (Å²) < 4.78 is 5.70. The number of ether oxygens (including phenoxy) is 1. The fourth-order valence-corrected chi connectivity index (χ4v) is 2.42. The zero-order chi connectivity index (χ0) is 19.6. The van der Waals surface area contributed by atoms with Gasteiger partial charge >= 0.3 is 6.03 Å². The molecule has 0 heterocycles. The molecule has 0 aliphatic heterocycles. The number of benzene rings is 2. The summed E-state index contributed by atoms with van der Waals surface area (Å²) in [4.78, 5) is 25.4. The molecule has 0 aliphatic carbocycles. The Bertz CT molecular complexity index is 777. The lowest BCUT2D eigenvalue weighted by Crippen LogP contribution is -2.29. The Kier molecular flexibility index (Phi) is 7.63. The van der Waals surface area contributed by atoms with Crippen LogP contribution in [0.1, 0.15) is 11.1 Å². The number of rotatable bonds is 9. The molecule has 0 unspecified atom stereocenters. The lowest BCUT2D eigenvalue weighted by Gasteiger charge is -2.13. The number of carbonyl (C=O) groups is 2. The SMILES string of the molecule is CN(C)CCOc1cccc(CNC(=O)Nc2ccccc2CC(N)=O)c1. The fraction of sp³-hybridized carbons (Fsp3) is 0.300. The van der Waals surface area contributed by atoms with Crippen molar-refractivity contribution in [3.05, 3.63) is 59.7 Å². The van der Waals surface area contributed by atoms with Crippen LogP contribution in [0.3, 0.4) is 0 Å². The Labute approximate surface area is 159 Å². The van der Waals surface area contributed by atoms with Crippen molar-refractivity contribution < 1.29 is 14.3 Å². The highest BCUT2D eigenvalue weighted by Gasteiger charge is 2.08. The van der Waals surface area contributed by atoms with Crippen molar-refractivity contribution in [1.29, 1.82) is 0 Å². The Morgan fingerprint density at radius 1 is 1.11 bits per heavy atom. The number of primary amides is 1. The van der Waals surface area contributed by atoms with Crippen LogP contribution in [0, 0.1) is 0 Å². The van der Waals surface area contributed by atoms with E-state index in [1.54, 1.807) is 24.3 Å². The van der Waals surface area contributed by atoms with Crippen LogP contribution in [-0.4, -0.2) is 44.1 Å². The Morgan fingerprint density at radius 3 is 2.63 bits per heavy atom. The molecule has 0 spiro atoms. The van der Waals surface area contributed by atoms with Gasteiger partial charge in [-0.15, -0.1) is 0 Å². The summed E-state index contributed by atoms with van der Waals surface area (Å²) in [6.45, 7) is 1.78. The molecule has 0 radical (unpaired) electrons. The van der Waals surface area contributed by atoms with E-state index < -0.39 is 5.91 Å². The van der Waals surface area contributed by atoms with Crippen molar-refractivity contribution in [3.8, 4) is 5.75 Å². The van der Waals surface area contributed by atoms with Gasteiger partial charge in [-0.05, 0) is 43.4 Å². The molecule has 27 heavy (non-hydrogen) atoms. The molecule has 0 saturated heterocycles. The van der Waals surface area contributed by atoms with E-state index in [9.17, 15) is 9.59 Å². The molecular weight excluding hydrogens is 344 g/mol. The van der Waals surface area contributed by atoms with Crippen LogP contribution in [0.25, 0.3) is 0 Å². The standard InChI is InChI=1S/C20H26N4O3/c1-24(2)10-11-27-17-8-5-6-15(12-17)14-22-20(26)23-18-9-4-3-7-16(18)13-19(21)25/h3-9,12H,10-11,13-14H2,1-2H3,(H2,21,25)(H2,22,23,26). The van der Waals surface area contributed by atoms with Crippen LogP contribution < -0.4 is 21.1 Å². The molecule has 144 valence electrons. The third kappa shape index (κ3) is 7.37. The molecular formula is C20H26N4O3. The molecule has 0 atom stereocenters. The zero-order valence-electron chi connectivity index (χ0n) is 15.7. The molecule has 4 N–H and O–H groups in total. The quantitative estimate of drug-likeness (QED) is 0.629. The molecule has 0 fully saturated rings. The number of urea groups is 1. The maximum absolute atomic E-state index is 12.2. The lowest BCUT2D eigenvalue weighted by atomic mass is 10.1. The summed E-state index contributed by atoms with van der Waals surface area (Å²) in [5.41, 5.74) is 7.41. The number of amides is 3. The van der Waals surface area contributed by atoms with Crippen LogP contribution in [0.15, 0.2) is 48.5 Å². The van der Waals surface area contributed by atoms with E-state index in [-0.39, 0.29) is 12.5 Å². The number of hydrogen-bond acceptors (Lipinski definition) is 4. The Morgan fingerprint density at radius 2 is 1.89 bits per heavy atom. The second-order valence-electron chi connectivity index (χ2n) is 6.41. The first-order valence-corrected chi connectivity index (χ1v) is 8.71. The highest BCUT2D eigenvalue weighted by Crippen LogP contribution is 2.16. The highest BCUT2D eigenvalue weighted by atomic mass is 16.5. The van der Waals surface area contributed by atoms with E-state index in [1.807, 2.05) is 43.3 Å². The van der Waals surface area contributed by atoms with Crippen LogP contribution >= 0.6 is 0 Å². The first kappa shape index (κ1) is 20.3. The third-order valence-electron chi connectivity index (χ3n) is 3.79. The topological polar surface area (TPSA) is 96.7 Å². The molecule has 2 rings (SSSR count). The number of nitrogens with two attached hydrogens (primary N) is 1. The van der Waals surface area contributed by atoms with Gasteiger partial charge in [0.15, 0.2) is 0 Å². The van der Waals surface area contributed by atoms with E-state index in [2.05, 4.69) is 10.6 Å². The van der Waals surface area contributed by atoms with Crippen molar-refractivity contribution in [2.45, 2.75) is 13.0 Å². The predicted octanol–water partition coefficient (Wildman–Crippen LogP) is 1.98. The molecule has 0 bridgehead atoms. The third-order valence-corrected chi connectivity index (χ3v) is 3.79. The number of anilines is 1. The molecule has 7 nitrogen and oxygen atoms in total. The van der Waals surface area contributed by atoms with Crippen molar-refractivity contribution in [2.75, 3.05) is 32.6 Å². The minimum Gasteiger partial charge on any atom is -0.492 e. The van der Waals surface area contributed by atoms with E-state index >= 15 is 0 Å². The predicted molar refractivity (Wildman–Crippen MR) is 106 cm³/mol. The maximum Gasteiger partial charge on any atom is 0.319 e. The summed E-state index contributed by atoms with van der Waals surface area (Å²) in [5.74, 6) is 0.319. The summed E-state index contributed by atoms with van der Waals surface area (Å²) in [7, 11) is 3.98. The van der Waals surface area contributed by atoms with Crippen LogP contribution in [0.4, 0.5) is 10.5 Å². The first-order valence-electron chi connectivity index (χ1n) is 8.71. The number of para-hydroxylation sites is 1. The van der Waals surface area contributed by atoms with Gasteiger partial charge in [0.25, 0.3) is 0 Å². The van der Waals surface area contributed by atoms with Gasteiger partial charge in [-0.2, -0.15) is 0 Å². The molecule has 7 heteroatoms. The highest BCUT2D eigenvalue weighted by molar-refractivity contribution is 5.91. The molecule has 0 aromatic heterocycles. The first-order chi connectivity index (χ1) is 12.9. The second-order valence-corrected chi connectivity index (χ2v) is 6.41. The van der Waals surface area contributed by atoms with Gasteiger partial charge in [-0.1, -0.05) is 30.3 Å². The van der Waals surface area contributed by atoms with Gasteiger partial charge in [0, 0.05) is 18.8 Å². The number of nitrogens with zero attached hydrogens (tertiary/aromatic N) is 1. The number of likely N-dealkylation sites (N-methyl/N-ethyl adjacent to an activating group) is 1. The number of hydrogen-bond donors (Lipinski definition) is 3. The van der Waals surface area contributed by atoms with Crippen molar-refractivity contribution in [1.82, 2.24) is 10.2 Å². The van der Waals surface area contributed by atoms with E-state index in [1.165, 1.54) is 0 Å². The summed E-state index contributed by atoms with van der Waals surface area (Å²) in [6, 6.07) is 14.3. The second kappa shape index (κ2) is 10.2. The Hall–Kier alpha value is -3.06. The fourth-order valence-electron chi connectivity index (χ4n) is 2.42. The van der Waals surface area contributed by atoms with Gasteiger partial charge in [-0.25, -0.2) is 4.79 Å². The number of nitrogens with one attached hydrogen (secondary N) is 2. The van der Waals surface area contributed by atoms with Crippen LogP contribution in [-0.2, 0) is 17.8 Å². The smallest absolute Gasteiger partial charge is 0.319 e. The van der Waals surface area contributed by atoms with E-state index in [0.29, 0.717) is 24.4 Å². The minimum atomic E-state index is -0.448. The summed E-state index contributed by atoms with van der Waals surface area (Å²) in [5, 5.41) is 5.55. The summed E-state index contributed by atoms with van der Waals surface area (Å²) in [6.07, 6.45) is 0.0722. The average Bonchev–Trinajstić information content (AvgIpc) is 2.61. The van der Waals surface area contributed by atoms with Crippen LogP contribution in [0.2, 0.25) is 0 Å². The van der Waals surface area contributed by atoms with E-state index in [0.717, 1.165) is 17.9 Å².